The maximum atomic E-state index is 12.1. The molecule has 0 aromatic heterocycles. The Bertz CT molecular complexity index is 504. The number of alkyl halides is 3. The van der Waals surface area contributed by atoms with Gasteiger partial charge in [0, 0.05) is 12.3 Å². The number of allylic oxidation sites excluding steroid dienone is 2. The number of hydrazone groups is 1. The first-order valence-electron chi connectivity index (χ1n) is 5.00. The van der Waals surface area contributed by atoms with Crippen LogP contribution in [0.15, 0.2) is 53.8 Å². The van der Waals surface area contributed by atoms with Crippen LogP contribution in [-0.2, 0) is 0 Å². The molecule has 94 valence electrons. The van der Waals surface area contributed by atoms with Crippen molar-refractivity contribution in [2.45, 2.75) is 6.36 Å². The quantitative estimate of drug-likeness (QED) is 0.807. The van der Waals surface area contributed by atoms with Gasteiger partial charge in [-0.1, -0.05) is 12.6 Å². The highest BCUT2D eigenvalue weighted by atomic mass is 19.4. The molecule has 2 rings (SSSR count). The summed E-state index contributed by atoms with van der Waals surface area (Å²) >= 11 is 0. The molecule has 0 unspecified atom stereocenters. The number of hydrogen-bond acceptors (Lipinski definition) is 3. The average molecular weight is 254 g/mol. The van der Waals surface area contributed by atoms with E-state index in [-0.39, 0.29) is 5.75 Å². The van der Waals surface area contributed by atoms with Crippen LogP contribution >= 0.6 is 0 Å². The van der Waals surface area contributed by atoms with Crippen LogP contribution in [-0.4, -0.2) is 12.6 Å². The molecule has 3 nitrogen and oxygen atoms in total. The number of benzene rings is 1. The van der Waals surface area contributed by atoms with Gasteiger partial charge in [0.2, 0.25) is 0 Å². The fourth-order valence-electron chi connectivity index (χ4n) is 1.36. The minimum Gasteiger partial charge on any atom is -0.406 e. The molecule has 0 spiro atoms. The van der Waals surface area contributed by atoms with E-state index < -0.39 is 6.36 Å². The first-order chi connectivity index (χ1) is 8.44. The third kappa shape index (κ3) is 3.13. The monoisotopic (exact) mass is 254 g/mol. The molecule has 0 amide bonds. The molecular weight excluding hydrogens is 245 g/mol. The minimum absolute atomic E-state index is 0.284. The summed E-state index contributed by atoms with van der Waals surface area (Å²) in [6.07, 6.45) is 0.116. The second kappa shape index (κ2) is 4.56. The molecular formula is C12H9F3N2O. The molecule has 0 bridgehead atoms. The summed E-state index contributed by atoms with van der Waals surface area (Å²) < 4.78 is 40.1. The van der Waals surface area contributed by atoms with Gasteiger partial charge in [-0.2, -0.15) is 5.10 Å². The van der Waals surface area contributed by atoms with Crippen molar-refractivity contribution in [1.29, 1.82) is 0 Å². The Hall–Kier alpha value is -2.24. The zero-order valence-corrected chi connectivity index (χ0v) is 9.19. The smallest absolute Gasteiger partial charge is 0.406 e. The Labute approximate surface area is 101 Å². The van der Waals surface area contributed by atoms with E-state index in [9.17, 15) is 13.2 Å². The highest BCUT2D eigenvalue weighted by Crippen LogP contribution is 2.27. The van der Waals surface area contributed by atoms with Crippen molar-refractivity contribution in [3.8, 4) is 5.75 Å². The van der Waals surface area contributed by atoms with Crippen LogP contribution in [0.4, 0.5) is 18.9 Å². The Morgan fingerprint density at radius 1 is 1.28 bits per heavy atom. The molecule has 1 aliphatic heterocycles. The minimum atomic E-state index is -4.70. The maximum absolute atomic E-state index is 12.1. The van der Waals surface area contributed by atoms with Gasteiger partial charge < -0.3 is 4.74 Å². The van der Waals surface area contributed by atoms with Crippen LogP contribution in [0, 0.1) is 0 Å². The molecule has 0 radical (unpaired) electrons. The molecule has 1 heterocycles. The summed E-state index contributed by atoms with van der Waals surface area (Å²) in [6, 6.07) is 5.57. The Kier molecular flexibility index (Phi) is 3.10. The van der Waals surface area contributed by atoms with E-state index in [0.29, 0.717) is 11.3 Å². The van der Waals surface area contributed by atoms with E-state index in [0.717, 1.165) is 0 Å². The lowest BCUT2D eigenvalue weighted by atomic mass is 10.2. The lowest BCUT2D eigenvalue weighted by molar-refractivity contribution is -0.274. The standard InChI is InChI=1S/C12H9F3N2O/c1-9-5-6-17(16-8-9)10-3-2-4-11(7-10)18-12(13,14)15/h2-8H,1H2. The van der Waals surface area contributed by atoms with Crippen LogP contribution in [0.5, 0.6) is 5.75 Å². The van der Waals surface area contributed by atoms with Crippen LogP contribution in [0.2, 0.25) is 0 Å². The third-order valence-corrected chi connectivity index (χ3v) is 2.09. The van der Waals surface area contributed by atoms with E-state index in [4.69, 9.17) is 0 Å². The number of halogens is 3. The number of rotatable bonds is 2. The number of nitrogens with zero attached hydrogens (tertiary/aromatic N) is 2. The molecule has 0 saturated heterocycles. The van der Waals surface area contributed by atoms with Crippen LogP contribution in [0.25, 0.3) is 0 Å². The summed E-state index contributed by atoms with van der Waals surface area (Å²) in [6.45, 7) is 3.67. The highest BCUT2D eigenvalue weighted by molar-refractivity contribution is 5.84. The van der Waals surface area contributed by atoms with E-state index in [2.05, 4.69) is 16.4 Å². The van der Waals surface area contributed by atoms with E-state index in [1.165, 1.54) is 29.4 Å². The van der Waals surface area contributed by atoms with Gasteiger partial charge in [0.15, 0.2) is 0 Å². The SMILES string of the molecule is C=C1C=CN(c2cccc(OC(F)(F)F)c2)N=C1. The summed E-state index contributed by atoms with van der Waals surface area (Å²) in [5, 5.41) is 5.43. The maximum Gasteiger partial charge on any atom is 0.573 e. The number of ether oxygens (including phenoxy) is 1. The largest absolute Gasteiger partial charge is 0.573 e. The predicted molar refractivity (Wildman–Crippen MR) is 62.4 cm³/mol. The zero-order valence-electron chi connectivity index (χ0n) is 9.19. The molecule has 1 aliphatic rings. The van der Waals surface area contributed by atoms with Gasteiger partial charge in [0.1, 0.15) is 5.75 Å². The molecule has 0 fully saturated rings. The molecule has 1 aromatic rings. The van der Waals surface area contributed by atoms with E-state index >= 15 is 0 Å². The predicted octanol–water partition coefficient (Wildman–Crippen LogP) is 3.46. The Morgan fingerprint density at radius 3 is 2.67 bits per heavy atom. The van der Waals surface area contributed by atoms with Crippen molar-refractivity contribution in [1.82, 2.24) is 0 Å². The Balaban J connectivity index is 2.20. The summed E-state index contributed by atoms with van der Waals surface area (Å²) in [5.41, 5.74) is 1.19. The van der Waals surface area contributed by atoms with E-state index in [1.54, 1.807) is 18.3 Å². The molecule has 1 aromatic carbocycles. The number of anilines is 1. The van der Waals surface area contributed by atoms with Crippen molar-refractivity contribution in [2.24, 2.45) is 5.10 Å². The van der Waals surface area contributed by atoms with Crippen LogP contribution in [0.1, 0.15) is 0 Å². The summed E-state index contributed by atoms with van der Waals surface area (Å²) in [7, 11) is 0. The zero-order chi connectivity index (χ0) is 13.2. The second-order valence-corrected chi connectivity index (χ2v) is 3.52. The van der Waals surface area contributed by atoms with Crippen molar-refractivity contribution in [3.63, 3.8) is 0 Å². The van der Waals surface area contributed by atoms with Crippen LogP contribution < -0.4 is 9.75 Å². The lowest BCUT2D eigenvalue weighted by Gasteiger charge is -2.18. The van der Waals surface area contributed by atoms with Gasteiger partial charge in [-0.25, -0.2) is 5.01 Å². The highest BCUT2D eigenvalue weighted by Gasteiger charge is 2.31. The fraction of sp³-hybridized carbons (Fsp3) is 0.0833. The van der Waals surface area contributed by atoms with Gasteiger partial charge in [0.25, 0.3) is 0 Å². The van der Waals surface area contributed by atoms with Gasteiger partial charge in [0.05, 0.1) is 11.9 Å². The first-order valence-corrected chi connectivity index (χ1v) is 5.00. The van der Waals surface area contributed by atoms with Crippen molar-refractivity contribution in [2.75, 3.05) is 5.01 Å². The molecule has 0 saturated carbocycles. The van der Waals surface area contributed by atoms with E-state index in [1.807, 2.05) is 0 Å². The van der Waals surface area contributed by atoms with Gasteiger partial charge in [-0.15, -0.1) is 13.2 Å². The topological polar surface area (TPSA) is 24.8 Å². The molecule has 6 heteroatoms. The molecule has 0 N–H and O–H groups in total. The van der Waals surface area contributed by atoms with Crippen LogP contribution in [0.3, 0.4) is 0 Å². The molecule has 0 aliphatic carbocycles. The first kappa shape index (κ1) is 12.2. The fourth-order valence-corrected chi connectivity index (χ4v) is 1.36. The van der Waals surface area contributed by atoms with Gasteiger partial charge in [-0.3, -0.25) is 0 Å². The summed E-state index contributed by atoms with van der Waals surface area (Å²) in [4.78, 5) is 0. The molecule has 0 atom stereocenters. The van der Waals surface area contributed by atoms with Crippen molar-refractivity contribution >= 4 is 11.9 Å². The lowest BCUT2D eigenvalue weighted by Crippen LogP contribution is -2.17. The Morgan fingerprint density at radius 2 is 2.06 bits per heavy atom. The van der Waals surface area contributed by atoms with Gasteiger partial charge >= 0.3 is 6.36 Å². The molecule has 18 heavy (non-hydrogen) atoms. The summed E-state index contributed by atoms with van der Waals surface area (Å²) in [5.74, 6) is -0.284. The van der Waals surface area contributed by atoms with Crippen molar-refractivity contribution < 1.29 is 17.9 Å². The number of hydrogen-bond donors (Lipinski definition) is 0. The normalized spacial score (nSPS) is 15.1. The third-order valence-electron chi connectivity index (χ3n) is 2.09. The second-order valence-electron chi connectivity index (χ2n) is 3.52. The average Bonchev–Trinajstić information content (AvgIpc) is 2.28. The van der Waals surface area contributed by atoms with Gasteiger partial charge in [-0.05, 0) is 23.8 Å². The van der Waals surface area contributed by atoms with Crippen molar-refractivity contribution in [3.05, 3.63) is 48.7 Å².